The summed E-state index contributed by atoms with van der Waals surface area (Å²) in [6.45, 7) is 1.92. The summed E-state index contributed by atoms with van der Waals surface area (Å²) in [5.74, 6) is 2.10. The molecule has 6 rings (SSSR count). The molecule has 0 bridgehead atoms. The van der Waals surface area contributed by atoms with Gasteiger partial charge in [0, 0.05) is 24.6 Å². The van der Waals surface area contributed by atoms with Crippen LogP contribution >= 0.6 is 11.3 Å². The van der Waals surface area contributed by atoms with Crippen LogP contribution < -0.4 is 4.90 Å². The van der Waals surface area contributed by atoms with Crippen molar-refractivity contribution in [1.82, 2.24) is 20.2 Å². The van der Waals surface area contributed by atoms with Gasteiger partial charge in [-0.2, -0.15) is 0 Å². The summed E-state index contributed by atoms with van der Waals surface area (Å²) in [7, 11) is 0. The number of piperidine rings is 1. The lowest BCUT2D eigenvalue weighted by Gasteiger charge is -2.33. The fraction of sp³-hybridized carbons (Fsp3) is 0.333. The molecule has 1 aromatic carbocycles. The number of aromatic nitrogens is 4. The van der Waals surface area contributed by atoms with Crippen molar-refractivity contribution in [2.75, 3.05) is 18.0 Å². The average Bonchev–Trinajstić information content (AvgIpc) is 3.13. The molecule has 0 N–H and O–H groups in total. The van der Waals surface area contributed by atoms with Gasteiger partial charge in [-0.05, 0) is 54.3 Å². The van der Waals surface area contributed by atoms with Crippen LogP contribution in [0.2, 0.25) is 0 Å². The Bertz CT molecular complexity index is 1200. The number of fused-ring (bicyclic) bond motifs is 1. The van der Waals surface area contributed by atoms with E-state index in [2.05, 4.69) is 36.5 Å². The Labute approximate surface area is 170 Å². The minimum absolute atomic E-state index is 0.239. The highest BCUT2D eigenvalue weighted by Crippen LogP contribution is 2.64. The van der Waals surface area contributed by atoms with Gasteiger partial charge in [0.15, 0.2) is 0 Å². The molecule has 2 aliphatic rings. The minimum atomic E-state index is -0.304. The highest BCUT2D eigenvalue weighted by molar-refractivity contribution is 7.16. The van der Waals surface area contributed by atoms with E-state index in [0.717, 1.165) is 48.4 Å². The Morgan fingerprint density at radius 3 is 2.90 bits per heavy atom. The topological polar surface area (TPSA) is 67.9 Å². The molecule has 0 radical (unpaired) electrons. The quantitative estimate of drug-likeness (QED) is 0.492. The molecule has 8 heteroatoms. The van der Waals surface area contributed by atoms with E-state index in [9.17, 15) is 4.39 Å². The molecule has 1 saturated carbocycles. The van der Waals surface area contributed by atoms with Gasteiger partial charge < -0.3 is 9.32 Å². The summed E-state index contributed by atoms with van der Waals surface area (Å²) in [5.41, 5.74) is 0.861. The molecule has 1 saturated heterocycles. The third-order valence-corrected chi connectivity index (χ3v) is 7.12. The molecular weight excluding hydrogens is 389 g/mol. The zero-order chi connectivity index (χ0) is 19.4. The van der Waals surface area contributed by atoms with Gasteiger partial charge in [0.1, 0.15) is 22.8 Å². The Hall–Kier alpha value is -2.87. The number of halogens is 1. The molecule has 146 valence electrons. The number of anilines is 1. The second-order valence-electron chi connectivity index (χ2n) is 7.90. The van der Waals surface area contributed by atoms with Crippen LogP contribution in [-0.4, -0.2) is 33.3 Å². The van der Waals surface area contributed by atoms with E-state index >= 15 is 0 Å². The number of thiophene rings is 1. The first-order chi connectivity index (χ1) is 14.2. The minimum Gasteiger partial charge on any atom is -0.420 e. The third kappa shape index (κ3) is 2.81. The first kappa shape index (κ1) is 17.0. The molecule has 0 unspecified atom stereocenters. The molecule has 4 aromatic rings. The Kier molecular flexibility index (Phi) is 3.71. The van der Waals surface area contributed by atoms with Crippen LogP contribution in [0.1, 0.15) is 31.1 Å². The molecule has 1 atom stereocenters. The van der Waals surface area contributed by atoms with E-state index in [1.165, 1.54) is 12.1 Å². The van der Waals surface area contributed by atoms with E-state index in [-0.39, 0.29) is 11.2 Å². The van der Waals surface area contributed by atoms with E-state index < -0.39 is 0 Å². The maximum atomic E-state index is 13.5. The highest BCUT2D eigenvalue weighted by Gasteiger charge is 2.58. The van der Waals surface area contributed by atoms with E-state index in [0.29, 0.717) is 23.3 Å². The van der Waals surface area contributed by atoms with Crippen molar-refractivity contribution in [2.45, 2.75) is 25.2 Å². The summed E-state index contributed by atoms with van der Waals surface area (Å²) in [4.78, 5) is 12.3. The van der Waals surface area contributed by atoms with Gasteiger partial charge in [-0.1, -0.05) is 6.07 Å². The van der Waals surface area contributed by atoms with Crippen molar-refractivity contribution in [3.63, 3.8) is 0 Å². The third-order valence-electron chi connectivity index (χ3n) is 6.30. The van der Waals surface area contributed by atoms with Crippen LogP contribution in [-0.2, 0) is 0 Å². The molecule has 1 spiro atoms. The SMILES string of the molecule is Fc1cccc(-c2nnc([C@@H]3CC34CCN(c3ncnc5sccc35)CC4)o2)c1. The van der Waals surface area contributed by atoms with Crippen LogP contribution in [0, 0.1) is 11.2 Å². The van der Waals surface area contributed by atoms with E-state index in [1.54, 1.807) is 29.8 Å². The molecule has 1 aliphatic carbocycles. The maximum Gasteiger partial charge on any atom is 0.247 e. The zero-order valence-electron chi connectivity index (χ0n) is 15.6. The summed E-state index contributed by atoms with van der Waals surface area (Å²) in [5, 5.41) is 11.6. The van der Waals surface area contributed by atoms with E-state index in [4.69, 9.17) is 4.42 Å². The van der Waals surface area contributed by atoms with Crippen molar-refractivity contribution in [3.8, 4) is 11.5 Å². The number of rotatable bonds is 3. The van der Waals surface area contributed by atoms with Gasteiger partial charge in [-0.25, -0.2) is 14.4 Å². The maximum absolute atomic E-state index is 13.5. The fourth-order valence-electron chi connectivity index (χ4n) is 4.56. The van der Waals surface area contributed by atoms with Crippen molar-refractivity contribution < 1.29 is 8.81 Å². The van der Waals surface area contributed by atoms with Crippen LogP contribution in [0.3, 0.4) is 0 Å². The first-order valence-corrected chi connectivity index (χ1v) is 10.6. The van der Waals surface area contributed by atoms with Crippen LogP contribution in [0.4, 0.5) is 10.2 Å². The summed E-state index contributed by atoms with van der Waals surface area (Å²) in [6.07, 6.45) is 4.88. The average molecular weight is 407 g/mol. The molecule has 4 heterocycles. The van der Waals surface area contributed by atoms with Crippen LogP contribution in [0.5, 0.6) is 0 Å². The smallest absolute Gasteiger partial charge is 0.247 e. The molecule has 6 nitrogen and oxygen atoms in total. The Morgan fingerprint density at radius 1 is 1.14 bits per heavy atom. The molecular formula is C21H18FN5OS. The number of hydrogen-bond donors (Lipinski definition) is 0. The van der Waals surface area contributed by atoms with Gasteiger partial charge in [0.05, 0.1) is 5.39 Å². The monoisotopic (exact) mass is 407 g/mol. The molecule has 1 aliphatic heterocycles. The lowest BCUT2D eigenvalue weighted by molar-refractivity contribution is 0.352. The summed E-state index contributed by atoms with van der Waals surface area (Å²) in [6, 6.07) is 8.37. The molecule has 3 aromatic heterocycles. The number of hydrogen-bond acceptors (Lipinski definition) is 7. The largest absolute Gasteiger partial charge is 0.420 e. The zero-order valence-corrected chi connectivity index (χ0v) is 16.4. The molecule has 0 amide bonds. The van der Waals surface area contributed by atoms with Crippen LogP contribution in [0.25, 0.3) is 21.7 Å². The van der Waals surface area contributed by atoms with Crippen molar-refractivity contribution in [3.05, 3.63) is 53.7 Å². The van der Waals surface area contributed by atoms with Crippen LogP contribution in [0.15, 0.2) is 46.5 Å². The Morgan fingerprint density at radius 2 is 2.03 bits per heavy atom. The Balaban J connectivity index is 1.18. The molecule has 29 heavy (non-hydrogen) atoms. The highest BCUT2D eigenvalue weighted by atomic mass is 32.1. The predicted molar refractivity (Wildman–Crippen MR) is 108 cm³/mol. The van der Waals surface area contributed by atoms with Crippen molar-refractivity contribution in [2.24, 2.45) is 5.41 Å². The van der Waals surface area contributed by atoms with Gasteiger partial charge in [0.2, 0.25) is 11.8 Å². The number of nitrogens with zero attached hydrogens (tertiary/aromatic N) is 5. The van der Waals surface area contributed by atoms with Crippen molar-refractivity contribution in [1.29, 1.82) is 0 Å². The van der Waals surface area contributed by atoms with Gasteiger partial charge in [-0.15, -0.1) is 21.5 Å². The standard InChI is InChI=1S/C21H18FN5OS/c22-14-3-1-2-13(10-14)18-25-26-19(28-18)16-11-21(16)5-7-27(8-6-21)17-15-4-9-29-20(15)24-12-23-17/h1-4,9-10,12,16H,5-8,11H2/t16-/m0/s1. The summed E-state index contributed by atoms with van der Waals surface area (Å²) >= 11 is 1.65. The van der Waals surface area contributed by atoms with Crippen molar-refractivity contribution >= 4 is 27.4 Å². The molecule has 2 fully saturated rings. The lowest BCUT2D eigenvalue weighted by atomic mass is 9.90. The second-order valence-corrected chi connectivity index (χ2v) is 8.79. The van der Waals surface area contributed by atoms with Gasteiger partial charge in [0.25, 0.3) is 0 Å². The number of benzene rings is 1. The first-order valence-electron chi connectivity index (χ1n) is 9.74. The van der Waals surface area contributed by atoms with Gasteiger partial charge in [-0.3, -0.25) is 0 Å². The van der Waals surface area contributed by atoms with Gasteiger partial charge >= 0.3 is 0 Å². The predicted octanol–water partition coefficient (Wildman–Crippen LogP) is 4.65. The fourth-order valence-corrected chi connectivity index (χ4v) is 5.28. The summed E-state index contributed by atoms with van der Waals surface area (Å²) < 4.78 is 19.4. The van der Waals surface area contributed by atoms with E-state index in [1.807, 2.05) is 0 Å². The lowest BCUT2D eigenvalue weighted by Crippen LogP contribution is -2.35. The normalized spacial score (nSPS) is 20.4. The second kappa shape index (κ2) is 6.32.